The minimum Gasteiger partial charge on any atom is -0.308 e. The number of hydrogen-bond acceptors (Lipinski definition) is 6. The number of benzene rings is 1. The Morgan fingerprint density at radius 3 is 2.33 bits per heavy atom. The number of ketones is 1. The van der Waals surface area contributed by atoms with E-state index in [0.29, 0.717) is 30.5 Å². The van der Waals surface area contributed by atoms with Crippen LogP contribution in [-0.4, -0.2) is 92.7 Å². The van der Waals surface area contributed by atoms with Crippen LogP contribution >= 0.6 is 0 Å². The van der Waals surface area contributed by atoms with E-state index in [1.54, 1.807) is 28.6 Å². The predicted octanol–water partition coefficient (Wildman–Crippen LogP) is 3.47. The summed E-state index contributed by atoms with van der Waals surface area (Å²) in [7, 11) is -3.60. The van der Waals surface area contributed by atoms with Gasteiger partial charge < -0.3 is 10.2 Å². The van der Waals surface area contributed by atoms with E-state index < -0.39 is 10.0 Å². The molecule has 0 aromatic heterocycles. The van der Waals surface area contributed by atoms with Crippen LogP contribution in [0.25, 0.3) is 0 Å². The summed E-state index contributed by atoms with van der Waals surface area (Å²) < 4.78 is 28.2. The summed E-state index contributed by atoms with van der Waals surface area (Å²) in [6.07, 6.45) is 7.20. The zero-order chi connectivity index (χ0) is 25.8. The van der Waals surface area contributed by atoms with Gasteiger partial charge in [0, 0.05) is 56.9 Å². The average Bonchev–Trinajstić information content (AvgIpc) is 2.88. The molecule has 36 heavy (non-hydrogen) atoms. The second-order valence-electron chi connectivity index (χ2n) is 11.5. The van der Waals surface area contributed by atoms with Crippen molar-refractivity contribution in [2.45, 2.75) is 69.7 Å². The van der Waals surface area contributed by atoms with Crippen molar-refractivity contribution in [1.82, 2.24) is 19.4 Å². The summed E-state index contributed by atoms with van der Waals surface area (Å²) in [6, 6.07) is 6.64. The lowest BCUT2D eigenvalue weighted by Gasteiger charge is -2.50. The fourth-order valence-corrected chi connectivity index (χ4v) is 8.37. The number of carbonyl (C=O) groups is 1. The van der Waals surface area contributed by atoms with E-state index in [9.17, 15) is 13.2 Å². The lowest BCUT2D eigenvalue weighted by molar-refractivity contribution is 0.00929. The van der Waals surface area contributed by atoms with Gasteiger partial charge in [-0.15, -0.1) is 0 Å². The molecule has 3 aliphatic rings. The largest absolute Gasteiger partial charge is 0.308 e. The molecule has 2 atom stereocenters. The first-order valence-electron chi connectivity index (χ1n) is 14.0. The SMILES string of the molecule is CCN1CCN(C2(CNCC(=O)c3cccc(S(=O)(=O)N4CC(C)CC(C)C4)c3)CCCCC2)CC1. The normalized spacial score (nSPS) is 26.6. The summed E-state index contributed by atoms with van der Waals surface area (Å²) in [5.41, 5.74) is 0.599. The van der Waals surface area contributed by atoms with Crippen molar-refractivity contribution in [2.24, 2.45) is 11.8 Å². The molecular formula is C28H46N4O3S. The third kappa shape index (κ3) is 6.38. The first-order chi connectivity index (χ1) is 17.2. The fourth-order valence-electron chi connectivity index (χ4n) is 6.64. The summed E-state index contributed by atoms with van der Waals surface area (Å²) in [6.45, 7) is 14.1. The quantitative estimate of drug-likeness (QED) is 0.505. The molecule has 202 valence electrons. The molecule has 2 unspecified atom stereocenters. The highest BCUT2D eigenvalue weighted by molar-refractivity contribution is 7.89. The van der Waals surface area contributed by atoms with Gasteiger partial charge in [0.25, 0.3) is 0 Å². The second kappa shape index (κ2) is 12.0. The molecule has 0 bridgehead atoms. The molecule has 1 N–H and O–H groups in total. The number of carbonyl (C=O) groups excluding carboxylic acids is 1. The number of likely N-dealkylation sites (N-methyl/N-ethyl adjacent to an activating group) is 1. The van der Waals surface area contributed by atoms with Crippen LogP contribution in [0.3, 0.4) is 0 Å². The van der Waals surface area contributed by atoms with Crippen LogP contribution in [0.1, 0.15) is 69.7 Å². The maximum absolute atomic E-state index is 13.3. The molecule has 1 aromatic carbocycles. The Hall–Kier alpha value is -1.32. The molecule has 7 nitrogen and oxygen atoms in total. The van der Waals surface area contributed by atoms with Crippen LogP contribution in [0.4, 0.5) is 0 Å². The van der Waals surface area contributed by atoms with E-state index in [-0.39, 0.29) is 22.8 Å². The zero-order valence-corrected chi connectivity index (χ0v) is 23.4. The molecule has 3 fully saturated rings. The maximum Gasteiger partial charge on any atom is 0.243 e. The Labute approximate surface area is 218 Å². The van der Waals surface area contributed by atoms with Crippen molar-refractivity contribution < 1.29 is 13.2 Å². The predicted molar refractivity (Wildman–Crippen MR) is 145 cm³/mol. The van der Waals surface area contributed by atoms with Crippen LogP contribution in [0.5, 0.6) is 0 Å². The summed E-state index contributed by atoms with van der Waals surface area (Å²) in [4.78, 5) is 18.5. The summed E-state index contributed by atoms with van der Waals surface area (Å²) in [5.74, 6) is 0.637. The monoisotopic (exact) mass is 518 g/mol. The minimum absolute atomic E-state index is 0.0470. The maximum atomic E-state index is 13.3. The van der Waals surface area contributed by atoms with Crippen LogP contribution < -0.4 is 5.32 Å². The van der Waals surface area contributed by atoms with E-state index >= 15 is 0 Å². The number of rotatable bonds is 9. The third-order valence-electron chi connectivity index (χ3n) is 8.64. The molecule has 2 heterocycles. The van der Waals surface area contributed by atoms with Crippen molar-refractivity contribution in [3.8, 4) is 0 Å². The Bertz CT molecular complexity index is 974. The van der Waals surface area contributed by atoms with Gasteiger partial charge in [0.2, 0.25) is 10.0 Å². The fraction of sp³-hybridized carbons (Fsp3) is 0.750. The Morgan fingerprint density at radius 2 is 1.69 bits per heavy atom. The number of Topliss-reactive ketones (excluding diaryl/α,β-unsaturated/α-hetero) is 1. The van der Waals surface area contributed by atoms with Gasteiger partial charge in [-0.25, -0.2) is 8.42 Å². The lowest BCUT2D eigenvalue weighted by Crippen LogP contribution is -2.61. The average molecular weight is 519 g/mol. The molecule has 1 saturated carbocycles. The van der Waals surface area contributed by atoms with Crippen LogP contribution in [0.15, 0.2) is 29.2 Å². The first-order valence-corrected chi connectivity index (χ1v) is 15.5. The van der Waals surface area contributed by atoms with Crippen molar-refractivity contribution in [2.75, 3.05) is 58.9 Å². The highest BCUT2D eigenvalue weighted by atomic mass is 32.2. The van der Waals surface area contributed by atoms with Crippen molar-refractivity contribution >= 4 is 15.8 Å². The molecule has 8 heteroatoms. The molecule has 0 radical (unpaired) electrons. The van der Waals surface area contributed by atoms with Crippen LogP contribution in [0.2, 0.25) is 0 Å². The number of piperazine rings is 1. The number of sulfonamides is 1. The number of nitrogens with zero attached hydrogens (tertiary/aromatic N) is 3. The molecule has 2 saturated heterocycles. The first kappa shape index (κ1) is 27.7. The summed E-state index contributed by atoms with van der Waals surface area (Å²) in [5, 5.41) is 3.49. The molecular weight excluding hydrogens is 472 g/mol. The van der Waals surface area contributed by atoms with Crippen molar-refractivity contribution in [1.29, 1.82) is 0 Å². The number of nitrogens with one attached hydrogen (secondary N) is 1. The van der Waals surface area contributed by atoms with Gasteiger partial charge >= 0.3 is 0 Å². The van der Waals surface area contributed by atoms with Gasteiger partial charge in [0.15, 0.2) is 5.78 Å². The van der Waals surface area contributed by atoms with Crippen molar-refractivity contribution in [3.63, 3.8) is 0 Å². The Balaban J connectivity index is 1.39. The van der Waals surface area contributed by atoms with Gasteiger partial charge in [0.05, 0.1) is 11.4 Å². The van der Waals surface area contributed by atoms with Gasteiger partial charge in [-0.3, -0.25) is 9.69 Å². The van der Waals surface area contributed by atoms with Gasteiger partial charge in [-0.05, 0) is 49.8 Å². The topological polar surface area (TPSA) is 73.0 Å². The van der Waals surface area contributed by atoms with E-state index in [1.165, 1.54) is 32.1 Å². The third-order valence-corrected chi connectivity index (χ3v) is 10.5. The lowest BCUT2D eigenvalue weighted by atomic mass is 9.79. The van der Waals surface area contributed by atoms with Gasteiger partial charge in [-0.1, -0.05) is 52.2 Å². The van der Waals surface area contributed by atoms with Gasteiger partial charge in [0.1, 0.15) is 0 Å². The van der Waals surface area contributed by atoms with E-state index in [0.717, 1.165) is 45.7 Å². The zero-order valence-electron chi connectivity index (χ0n) is 22.5. The Morgan fingerprint density at radius 1 is 1.03 bits per heavy atom. The van der Waals surface area contributed by atoms with E-state index in [1.807, 2.05) is 0 Å². The minimum atomic E-state index is -3.60. The van der Waals surface area contributed by atoms with Crippen molar-refractivity contribution in [3.05, 3.63) is 29.8 Å². The highest BCUT2D eigenvalue weighted by Gasteiger charge is 2.39. The van der Waals surface area contributed by atoms with Gasteiger partial charge in [-0.2, -0.15) is 4.31 Å². The number of hydrogen-bond donors (Lipinski definition) is 1. The van der Waals surface area contributed by atoms with E-state index in [4.69, 9.17) is 0 Å². The Kier molecular flexibility index (Phi) is 9.26. The highest BCUT2D eigenvalue weighted by Crippen LogP contribution is 2.34. The van der Waals surface area contributed by atoms with Crippen LogP contribution in [0, 0.1) is 11.8 Å². The summed E-state index contributed by atoms with van der Waals surface area (Å²) >= 11 is 0. The van der Waals surface area contributed by atoms with Crippen LogP contribution in [-0.2, 0) is 10.0 Å². The molecule has 0 amide bonds. The molecule has 1 aromatic rings. The second-order valence-corrected chi connectivity index (χ2v) is 13.5. The molecule has 1 aliphatic carbocycles. The smallest absolute Gasteiger partial charge is 0.243 e. The standard InChI is InChI=1S/C28H46N4O3S/c1-4-30-13-15-31(16-14-30)28(11-6-5-7-12-28)22-29-19-27(33)25-9-8-10-26(18-25)36(34,35)32-20-23(2)17-24(3)21-32/h8-10,18,23-24,29H,4-7,11-17,19-22H2,1-3H3. The number of piperidine rings is 1. The molecule has 0 spiro atoms. The molecule has 2 aliphatic heterocycles. The molecule has 4 rings (SSSR count). The van der Waals surface area contributed by atoms with E-state index in [2.05, 4.69) is 35.9 Å².